The topological polar surface area (TPSA) is 28.7 Å². The third kappa shape index (κ3) is 1.73. The van der Waals surface area contributed by atoms with E-state index in [2.05, 4.69) is 12.6 Å². The predicted octanol–water partition coefficient (Wildman–Crippen LogP) is 3.27. The zero-order chi connectivity index (χ0) is 11.5. The fraction of sp³-hybridized carbons (Fsp3) is 0. The number of aromatic nitrogens is 1. The highest BCUT2D eigenvalue weighted by Gasteiger charge is 2.08. The van der Waals surface area contributed by atoms with Gasteiger partial charge in [0.25, 0.3) is 0 Å². The molecule has 2 aromatic rings. The molecule has 0 fully saturated rings. The molecular formula is C13H9FN2. The van der Waals surface area contributed by atoms with Crippen molar-refractivity contribution >= 4 is 6.20 Å². The maximum absolute atomic E-state index is 13.1. The van der Waals surface area contributed by atoms with Gasteiger partial charge in [0.2, 0.25) is 0 Å². The van der Waals surface area contributed by atoms with Crippen molar-refractivity contribution in [2.24, 2.45) is 0 Å². The molecule has 1 aromatic carbocycles. The van der Waals surface area contributed by atoms with Crippen LogP contribution in [0.4, 0.5) is 4.39 Å². The minimum atomic E-state index is -0.312. The lowest BCUT2D eigenvalue weighted by Gasteiger charge is -1.98. The summed E-state index contributed by atoms with van der Waals surface area (Å²) in [6.45, 7) is 3.61. The van der Waals surface area contributed by atoms with Crippen LogP contribution in [-0.4, -0.2) is 4.57 Å². The zero-order valence-corrected chi connectivity index (χ0v) is 8.52. The van der Waals surface area contributed by atoms with E-state index in [1.165, 1.54) is 12.1 Å². The molecule has 0 saturated carbocycles. The lowest BCUT2D eigenvalue weighted by Crippen LogP contribution is -1.80. The van der Waals surface area contributed by atoms with Gasteiger partial charge in [0.15, 0.2) is 0 Å². The van der Waals surface area contributed by atoms with Crippen LogP contribution in [-0.2, 0) is 0 Å². The van der Waals surface area contributed by atoms with E-state index in [0.717, 1.165) is 0 Å². The predicted molar refractivity (Wildman–Crippen MR) is 60.9 cm³/mol. The van der Waals surface area contributed by atoms with E-state index in [1.807, 2.05) is 0 Å². The molecule has 1 heterocycles. The molecule has 0 N–H and O–H groups in total. The number of hydrogen-bond acceptors (Lipinski definition) is 1. The highest BCUT2D eigenvalue weighted by molar-refractivity contribution is 5.70. The average Bonchev–Trinajstić information content (AvgIpc) is 2.72. The van der Waals surface area contributed by atoms with Crippen molar-refractivity contribution in [2.45, 2.75) is 0 Å². The maximum atomic E-state index is 13.1. The van der Waals surface area contributed by atoms with Gasteiger partial charge in [0, 0.05) is 24.2 Å². The molecule has 0 aliphatic carbocycles. The molecule has 0 unspecified atom stereocenters. The molecule has 0 aliphatic rings. The second-order valence-corrected chi connectivity index (χ2v) is 3.34. The van der Waals surface area contributed by atoms with E-state index >= 15 is 0 Å². The Kier molecular flexibility index (Phi) is 2.57. The van der Waals surface area contributed by atoms with Crippen LogP contribution in [0.5, 0.6) is 0 Å². The number of halogens is 1. The van der Waals surface area contributed by atoms with Gasteiger partial charge in [-0.1, -0.05) is 18.7 Å². The molecule has 0 radical (unpaired) electrons. The van der Waals surface area contributed by atoms with Crippen LogP contribution in [0.15, 0.2) is 43.2 Å². The number of hydrogen-bond donors (Lipinski definition) is 0. The summed E-state index contributed by atoms with van der Waals surface area (Å²) >= 11 is 0. The lowest BCUT2D eigenvalue weighted by molar-refractivity contribution is 0.628. The average molecular weight is 212 g/mol. The molecule has 0 bridgehead atoms. The number of benzene rings is 1. The van der Waals surface area contributed by atoms with E-state index in [0.29, 0.717) is 16.7 Å². The molecule has 0 aliphatic heterocycles. The van der Waals surface area contributed by atoms with E-state index in [1.54, 1.807) is 35.3 Å². The Balaban J connectivity index is 2.59. The van der Waals surface area contributed by atoms with Crippen LogP contribution in [0.3, 0.4) is 0 Å². The Morgan fingerprint density at radius 2 is 2.19 bits per heavy atom. The standard InChI is InChI=1S/C13H9FN2/c1-2-16-8-11(7-15)13(9-16)10-4-3-5-12(14)6-10/h2-6,8-9H,1H2. The van der Waals surface area contributed by atoms with Crippen molar-refractivity contribution in [3.05, 3.63) is 54.6 Å². The van der Waals surface area contributed by atoms with Crippen molar-refractivity contribution in [1.82, 2.24) is 4.57 Å². The Morgan fingerprint density at radius 1 is 1.38 bits per heavy atom. The van der Waals surface area contributed by atoms with Gasteiger partial charge < -0.3 is 4.57 Å². The van der Waals surface area contributed by atoms with Gasteiger partial charge in [-0.25, -0.2) is 4.39 Å². The van der Waals surface area contributed by atoms with Gasteiger partial charge in [-0.2, -0.15) is 5.26 Å². The number of nitrogens with zero attached hydrogens (tertiary/aromatic N) is 2. The third-order valence-electron chi connectivity index (χ3n) is 2.31. The first-order valence-corrected chi connectivity index (χ1v) is 4.74. The minimum Gasteiger partial charge on any atom is -0.329 e. The van der Waals surface area contributed by atoms with Crippen molar-refractivity contribution in [1.29, 1.82) is 5.26 Å². The highest BCUT2D eigenvalue weighted by Crippen LogP contribution is 2.24. The fourth-order valence-electron chi connectivity index (χ4n) is 1.56. The Bertz CT molecular complexity index is 576. The van der Waals surface area contributed by atoms with Gasteiger partial charge in [0.1, 0.15) is 11.9 Å². The molecule has 78 valence electrons. The lowest BCUT2D eigenvalue weighted by atomic mass is 10.1. The van der Waals surface area contributed by atoms with Crippen LogP contribution in [0.25, 0.3) is 17.3 Å². The number of nitriles is 1. The summed E-state index contributed by atoms with van der Waals surface area (Å²) in [6, 6.07) is 8.25. The SMILES string of the molecule is C=Cn1cc(C#N)c(-c2cccc(F)c2)c1. The Morgan fingerprint density at radius 3 is 2.81 bits per heavy atom. The Labute approximate surface area is 92.9 Å². The van der Waals surface area contributed by atoms with E-state index < -0.39 is 0 Å². The number of rotatable bonds is 2. The first kappa shape index (κ1) is 10.2. The Hall–Kier alpha value is -2.34. The van der Waals surface area contributed by atoms with Gasteiger partial charge in [-0.3, -0.25) is 0 Å². The molecular weight excluding hydrogens is 203 g/mol. The van der Waals surface area contributed by atoms with Crippen LogP contribution in [0, 0.1) is 17.1 Å². The fourth-order valence-corrected chi connectivity index (χ4v) is 1.56. The molecule has 0 spiro atoms. The van der Waals surface area contributed by atoms with Gasteiger partial charge in [0.05, 0.1) is 5.56 Å². The van der Waals surface area contributed by atoms with E-state index in [4.69, 9.17) is 5.26 Å². The second-order valence-electron chi connectivity index (χ2n) is 3.34. The first-order chi connectivity index (χ1) is 7.74. The normalized spacial score (nSPS) is 9.75. The van der Waals surface area contributed by atoms with Crippen LogP contribution < -0.4 is 0 Å². The molecule has 0 saturated heterocycles. The first-order valence-electron chi connectivity index (χ1n) is 4.74. The summed E-state index contributed by atoms with van der Waals surface area (Å²) in [5.41, 5.74) is 1.91. The largest absolute Gasteiger partial charge is 0.329 e. The molecule has 1 aromatic heterocycles. The monoisotopic (exact) mass is 212 g/mol. The summed E-state index contributed by atoms with van der Waals surface area (Å²) in [5.74, 6) is -0.312. The van der Waals surface area contributed by atoms with Crippen LogP contribution >= 0.6 is 0 Å². The van der Waals surface area contributed by atoms with Gasteiger partial charge in [-0.15, -0.1) is 0 Å². The van der Waals surface area contributed by atoms with Crippen LogP contribution in [0.1, 0.15) is 5.56 Å². The minimum absolute atomic E-state index is 0.312. The molecule has 0 atom stereocenters. The summed E-state index contributed by atoms with van der Waals surface area (Å²) in [6.07, 6.45) is 5.00. The summed E-state index contributed by atoms with van der Waals surface area (Å²) in [4.78, 5) is 0. The van der Waals surface area contributed by atoms with Gasteiger partial charge >= 0.3 is 0 Å². The van der Waals surface area contributed by atoms with Crippen molar-refractivity contribution < 1.29 is 4.39 Å². The van der Waals surface area contributed by atoms with Gasteiger partial charge in [-0.05, 0) is 17.7 Å². The van der Waals surface area contributed by atoms with E-state index in [-0.39, 0.29) is 5.82 Å². The quantitative estimate of drug-likeness (QED) is 0.751. The van der Waals surface area contributed by atoms with E-state index in [9.17, 15) is 4.39 Å². The molecule has 16 heavy (non-hydrogen) atoms. The summed E-state index contributed by atoms with van der Waals surface area (Å²) in [5, 5.41) is 8.97. The molecule has 0 amide bonds. The smallest absolute Gasteiger partial charge is 0.123 e. The van der Waals surface area contributed by atoms with Crippen molar-refractivity contribution in [3.8, 4) is 17.2 Å². The molecule has 2 rings (SSSR count). The molecule has 2 nitrogen and oxygen atoms in total. The maximum Gasteiger partial charge on any atom is 0.123 e. The summed E-state index contributed by atoms with van der Waals surface area (Å²) < 4.78 is 14.7. The summed E-state index contributed by atoms with van der Waals surface area (Å²) in [7, 11) is 0. The van der Waals surface area contributed by atoms with Crippen LogP contribution in [0.2, 0.25) is 0 Å². The van der Waals surface area contributed by atoms with Crippen molar-refractivity contribution in [3.63, 3.8) is 0 Å². The third-order valence-corrected chi connectivity index (χ3v) is 2.31. The zero-order valence-electron chi connectivity index (χ0n) is 8.52. The second kappa shape index (κ2) is 4.03. The molecule has 3 heteroatoms. The van der Waals surface area contributed by atoms with Crippen molar-refractivity contribution in [2.75, 3.05) is 0 Å². The highest BCUT2D eigenvalue weighted by atomic mass is 19.1.